The average molecular weight is 450 g/mol. The number of aliphatic hydroxyl groups excluding tert-OH is 1. The molecule has 4 aromatic rings. The molecule has 0 saturated carbocycles. The van der Waals surface area contributed by atoms with Crippen LogP contribution in [0.2, 0.25) is 5.02 Å². The molecule has 1 N–H and O–H groups in total. The highest BCUT2D eigenvalue weighted by atomic mass is 35.5. The number of rotatable bonds is 8. The molecule has 0 radical (unpaired) electrons. The molecule has 4 rings (SSSR count). The van der Waals surface area contributed by atoms with Crippen molar-refractivity contribution in [3.05, 3.63) is 47.5 Å². The highest BCUT2D eigenvalue weighted by Crippen LogP contribution is 2.25. The van der Waals surface area contributed by atoms with Crippen molar-refractivity contribution in [3.8, 4) is 0 Å². The Labute approximate surface area is 177 Å². The highest BCUT2D eigenvalue weighted by molar-refractivity contribution is 7.90. The Morgan fingerprint density at radius 3 is 2.80 bits per heavy atom. The number of benzene rings is 1. The number of nitrogens with zero attached hydrogens (tertiary/aromatic N) is 5. The molecule has 0 amide bonds. The number of aromatic nitrogens is 5. The molecule has 0 saturated heterocycles. The van der Waals surface area contributed by atoms with E-state index in [1.54, 1.807) is 35.3 Å². The molecular weight excluding hydrogens is 430 g/mol. The molecule has 9 nitrogen and oxygen atoms in total. The largest absolute Gasteiger partial charge is 0.394 e. The molecule has 3 heterocycles. The van der Waals surface area contributed by atoms with Gasteiger partial charge in [-0.25, -0.2) is 13.4 Å². The number of hydrogen-bond acceptors (Lipinski definition) is 7. The van der Waals surface area contributed by atoms with Gasteiger partial charge in [0.1, 0.15) is 5.82 Å². The third kappa shape index (κ3) is 4.04. The van der Waals surface area contributed by atoms with Crippen LogP contribution in [0.15, 0.2) is 41.7 Å². The molecule has 0 atom stereocenters. The van der Waals surface area contributed by atoms with Gasteiger partial charge in [-0.2, -0.15) is 5.10 Å². The Morgan fingerprint density at radius 2 is 2.03 bits per heavy atom. The van der Waals surface area contributed by atoms with E-state index in [2.05, 4.69) is 15.1 Å². The minimum Gasteiger partial charge on any atom is -0.394 e. The number of fused-ring (bicyclic) bond motifs is 2. The van der Waals surface area contributed by atoms with Crippen molar-refractivity contribution in [3.63, 3.8) is 0 Å². The number of imidazole rings is 1. The summed E-state index contributed by atoms with van der Waals surface area (Å²) in [6.07, 6.45) is 4.26. The molecule has 0 spiro atoms. The van der Waals surface area contributed by atoms with E-state index in [-0.39, 0.29) is 24.8 Å². The summed E-state index contributed by atoms with van der Waals surface area (Å²) >= 11 is 6.12. The Kier molecular flexibility index (Phi) is 5.74. The summed E-state index contributed by atoms with van der Waals surface area (Å²) in [6, 6.07) is 7.08. The molecule has 158 valence electrons. The SMILES string of the molecule is CS(=O)(=O)c1nn(Cc2nc3cc(Cl)ccc3n2CCOCCO)c2cnccc12. The fourth-order valence-electron chi connectivity index (χ4n) is 3.36. The second-order valence-electron chi connectivity index (χ2n) is 6.78. The van der Waals surface area contributed by atoms with E-state index in [4.69, 9.17) is 21.4 Å². The van der Waals surface area contributed by atoms with E-state index in [1.807, 2.05) is 10.6 Å². The second-order valence-corrected chi connectivity index (χ2v) is 9.14. The maximum atomic E-state index is 12.2. The molecule has 30 heavy (non-hydrogen) atoms. The van der Waals surface area contributed by atoms with Crippen molar-refractivity contribution in [2.24, 2.45) is 0 Å². The topological polar surface area (TPSA) is 112 Å². The van der Waals surface area contributed by atoms with Gasteiger partial charge in [0.15, 0.2) is 14.9 Å². The summed E-state index contributed by atoms with van der Waals surface area (Å²) in [7, 11) is -3.51. The van der Waals surface area contributed by atoms with Crippen LogP contribution in [0, 0.1) is 0 Å². The summed E-state index contributed by atoms with van der Waals surface area (Å²) in [6.45, 7) is 1.33. The average Bonchev–Trinajstić information content (AvgIpc) is 3.23. The maximum Gasteiger partial charge on any atom is 0.195 e. The first-order chi connectivity index (χ1) is 14.4. The first kappa shape index (κ1) is 20.7. The van der Waals surface area contributed by atoms with Gasteiger partial charge in [-0.15, -0.1) is 0 Å². The highest BCUT2D eigenvalue weighted by Gasteiger charge is 2.20. The lowest BCUT2D eigenvalue weighted by molar-refractivity contribution is 0.0870. The Balaban J connectivity index is 1.78. The van der Waals surface area contributed by atoms with Gasteiger partial charge >= 0.3 is 0 Å². The smallest absolute Gasteiger partial charge is 0.195 e. The van der Waals surface area contributed by atoms with Crippen LogP contribution in [0.3, 0.4) is 0 Å². The van der Waals surface area contributed by atoms with Crippen LogP contribution in [-0.2, 0) is 27.7 Å². The van der Waals surface area contributed by atoms with Crippen LogP contribution in [0.1, 0.15) is 5.82 Å². The van der Waals surface area contributed by atoms with Crippen LogP contribution < -0.4 is 0 Å². The normalized spacial score (nSPS) is 12.2. The van der Waals surface area contributed by atoms with Crippen LogP contribution in [-0.4, -0.2) is 63.9 Å². The van der Waals surface area contributed by atoms with Crippen LogP contribution in [0.5, 0.6) is 0 Å². The zero-order chi connectivity index (χ0) is 21.3. The molecule has 1 aromatic carbocycles. The Hall–Kier alpha value is -2.53. The minimum atomic E-state index is -3.51. The molecule has 0 aliphatic carbocycles. The maximum absolute atomic E-state index is 12.2. The predicted octanol–water partition coefficient (Wildman–Crippen LogP) is 1.90. The number of hydrogen-bond donors (Lipinski definition) is 1. The van der Waals surface area contributed by atoms with E-state index in [1.165, 1.54) is 0 Å². The number of sulfone groups is 1. The molecule has 0 unspecified atom stereocenters. The van der Waals surface area contributed by atoms with Crippen LogP contribution >= 0.6 is 11.6 Å². The molecule has 0 bridgehead atoms. The van der Waals surface area contributed by atoms with Gasteiger partial charge in [-0.05, 0) is 24.3 Å². The molecule has 3 aromatic heterocycles. The van der Waals surface area contributed by atoms with E-state index in [9.17, 15) is 8.42 Å². The second kappa shape index (κ2) is 8.31. The summed E-state index contributed by atoms with van der Waals surface area (Å²) < 4.78 is 33.4. The lowest BCUT2D eigenvalue weighted by Crippen LogP contribution is -2.14. The van der Waals surface area contributed by atoms with Crippen molar-refractivity contribution in [1.82, 2.24) is 24.3 Å². The fourth-order valence-corrected chi connectivity index (χ4v) is 4.35. The lowest BCUT2D eigenvalue weighted by Gasteiger charge is -2.10. The number of aliphatic hydroxyl groups is 1. The Morgan fingerprint density at radius 1 is 1.20 bits per heavy atom. The van der Waals surface area contributed by atoms with E-state index >= 15 is 0 Å². The van der Waals surface area contributed by atoms with Crippen molar-refractivity contribution < 1.29 is 18.3 Å². The van der Waals surface area contributed by atoms with Gasteiger partial charge in [0.05, 0.1) is 49.1 Å². The molecular formula is C19H20ClN5O4S. The quantitative estimate of drug-likeness (QED) is 0.409. The van der Waals surface area contributed by atoms with Gasteiger partial charge in [0, 0.05) is 29.4 Å². The Bertz CT molecular complexity index is 1320. The minimum absolute atomic E-state index is 0.0110. The van der Waals surface area contributed by atoms with Gasteiger partial charge in [-0.1, -0.05) is 11.6 Å². The summed E-state index contributed by atoms with van der Waals surface area (Å²) in [5, 5.41) is 14.4. The van der Waals surface area contributed by atoms with Crippen molar-refractivity contribution in [2.45, 2.75) is 18.1 Å². The first-order valence-corrected chi connectivity index (χ1v) is 11.5. The van der Waals surface area contributed by atoms with Gasteiger partial charge in [-0.3, -0.25) is 9.67 Å². The first-order valence-electron chi connectivity index (χ1n) is 9.22. The van der Waals surface area contributed by atoms with Crippen LogP contribution in [0.4, 0.5) is 0 Å². The lowest BCUT2D eigenvalue weighted by atomic mass is 10.3. The number of pyridine rings is 1. The van der Waals surface area contributed by atoms with Gasteiger partial charge in [0.25, 0.3) is 0 Å². The number of ether oxygens (including phenoxy) is 1. The van der Waals surface area contributed by atoms with Crippen molar-refractivity contribution >= 4 is 43.4 Å². The number of halogens is 1. The third-order valence-corrected chi connectivity index (χ3v) is 5.89. The third-order valence-electron chi connectivity index (χ3n) is 4.65. The summed E-state index contributed by atoms with van der Waals surface area (Å²) in [5.74, 6) is 0.674. The van der Waals surface area contributed by atoms with Gasteiger partial charge < -0.3 is 14.4 Å². The molecule has 11 heteroatoms. The molecule has 0 aliphatic rings. The zero-order valence-corrected chi connectivity index (χ0v) is 17.8. The summed E-state index contributed by atoms with van der Waals surface area (Å²) in [5.41, 5.74) is 2.20. The predicted molar refractivity (Wildman–Crippen MR) is 112 cm³/mol. The monoisotopic (exact) mass is 449 g/mol. The van der Waals surface area contributed by atoms with Crippen molar-refractivity contribution in [1.29, 1.82) is 0 Å². The summed E-state index contributed by atoms with van der Waals surface area (Å²) in [4.78, 5) is 8.80. The molecule has 0 fully saturated rings. The van der Waals surface area contributed by atoms with E-state index in [0.29, 0.717) is 34.9 Å². The van der Waals surface area contributed by atoms with Crippen molar-refractivity contribution in [2.75, 3.05) is 26.1 Å². The van der Waals surface area contributed by atoms with Gasteiger partial charge in [0.2, 0.25) is 0 Å². The van der Waals surface area contributed by atoms with E-state index in [0.717, 1.165) is 17.3 Å². The van der Waals surface area contributed by atoms with Crippen LogP contribution in [0.25, 0.3) is 21.9 Å². The zero-order valence-electron chi connectivity index (χ0n) is 16.2. The fraction of sp³-hybridized carbons (Fsp3) is 0.316. The standard InChI is InChI=1S/C19H20ClN5O4S/c1-30(27,28)19-14-4-5-21-11-17(14)25(23-19)12-18-22-15-10-13(20)2-3-16(15)24(18)6-8-29-9-7-26/h2-5,10-11,26H,6-9,12H2,1H3. The molecule has 0 aliphatic heterocycles. The van der Waals surface area contributed by atoms with E-state index < -0.39 is 9.84 Å².